The SMILES string of the molecule is O=C1CCCCC(=C2c3cccc(O)c3C(=O)c3c(O)cccc32)O1. The highest BCUT2D eigenvalue weighted by Crippen LogP contribution is 2.44. The second kappa shape index (κ2) is 5.77. The Labute approximate surface area is 144 Å². The summed E-state index contributed by atoms with van der Waals surface area (Å²) in [4.78, 5) is 24.8. The molecule has 1 aliphatic heterocycles. The number of ketones is 1. The first kappa shape index (κ1) is 15.4. The number of cyclic esters (lactones) is 1. The average Bonchev–Trinajstić information content (AvgIpc) is 2.79. The Kier molecular flexibility index (Phi) is 3.57. The van der Waals surface area contributed by atoms with E-state index in [2.05, 4.69) is 0 Å². The van der Waals surface area contributed by atoms with Crippen LogP contribution < -0.4 is 0 Å². The number of rotatable bonds is 0. The highest BCUT2D eigenvalue weighted by atomic mass is 16.5. The van der Waals surface area contributed by atoms with E-state index in [1.165, 1.54) is 12.1 Å². The molecule has 4 rings (SSSR count). The fourth-order valence-corrected chi connectivity index (χ4v) is 3.52. The molecule has 0 radical (unpaired) electrons. The predicted octanol–water partition coefficient (Wildman–Crippen LogP) is 3.52. The Morgan fingerprint density at radius 2 is 1.36 bits per heavy atom. The molecule has 1 saturated heterocycles. The minimum atomic E-state index is -0.439. The maximum absolute atomic E-state index is 12.9. The van der Waals surface area contributed by atoms with E-state index in [1.54, 1.807) is 24.3 Å². The van der Waals surface area contributed by atoms with E-state index in [0.29, 0.717) is 35.3 Å². The van der Waals surface area contributed by atoms with Crippen LogP contribution in [-0.4, -0.2) is 22.0 Å². The Morgan fingerprint density at radius 3 is 1.96 bits per heavy atom. The molecule has 5 heteroatoms. The van der Waals surface area contributed by atoms with Crippen LogP contribution in [0.2, 0.25) is 0 Å². The molecule has 2 aliphatic rings. The molecule has 2 aromatic rings. The second-order valence-corrected chi connectivity index (χ2v) is 6.21. The van der Waals surface area contributed by atoms with Crippen molar-refractivity contribution >= 4 is 17.3 Å². The molecule has 1 heterocycles. The normalized spacial score (nSPS) is 16.8. The third kappa shape index (κ3) is 2.39. The van der Waals surface area contributed by atoms with Gasteiger partial charge in [0, 0.05) is 29.5 Å². The molecule has 0 aromatic heterocycles. The van der Waals surface area contributed by atoms with Gasteiger partial charge in [-0.15, -0.1) is 0 Å². The van der Waals surface area contributed by atoms with E-state index in [4.69, 9.17) is 4.74 Å². The van der Waals surface area contributed by atoms with Gasteiger partial charge in [-0.25, -0.2) is 0 Å². The van der Waals surface area contributed by atoms with E-state index >= 15 is 0 Å². The maximum atomic E-state index is 12.9. The van der Waals surface area contributed by atoms with Gasteiger partial charge in [0.2, 0.25) is 5.78 Å². The van der Waals surface area contributed by atoms with Crippen LogP contribution in [0.25, 0.3) is 5.57 Å². The Morgan fingerprint density at radius 1 is 0.800 bits per heavy atom. The standard InChI is InChI=1S/C20H16O5/c21-13-7-3-5-11-17(15-9-1-2-10-16(23)25-15)12-6-4-8-14(22)19(12)20(24)18(11)13/h3-8,21-22H,1-2,9-10H2. The van der Waals surface area contributed by atoms with Crippen molar-refractivity contribution in [3.05, 3.63) is 64.4 Å². The van der Waals surface area contributed by atoms with Crippen molar-refractivity contribution in [2.75, 3.05) is 0 Å². The first-order valence-corrected chi connectivity index (χ1v) is 8.21. The number of benzene rings is 2. The molecule has 0 amide bonds. The monoisotopic (exact) mass is 336 g/mol. The Hall–Kier alpha value is -3.08. The molecule has 25 heavy (non-hydrogen) atoms. The molecule has 126 valence electrons. The highest BCUT2D eigenvalue weighted by molar-refractivity contribution is 6.21. The lowest BCUT2D eigenvalue weighted by Crippen LogP contribution is -2.17. The molecule has 0 spiro atoms. The van der Waals surface area contributed by atoms with Gasteiger partial charge in [-0.1, -0.05) is 24.3 Å². The minimum absolute atomic E-state index is 0.124. The number of carbonyl (C=O) groups excluding carboxylic acids is 2. The van der Waals surface area contributed by atoms with Gasteiger partial charge < -0.3 is 14.9 Å². The summed E-state index contributed by atoms with van der Waals surface area (Å²) in [6.45, 7) is 0. The molecule has 2 N–H and O–H groups in total. The number of esters is 1. The first-order valence-electron chi connectivity index (χ1n) is 8.21. The number of fused-ring (bicyclic) bond motifs is 2. The number of aromatic hydroxyl groups is 2. The number of hydrogen-bond donors (Lipinski definition) is 2. The fourth-order valence-electron chi connectivity index (χ4n) is 3.52. The van der Waals surface area contributed by atoms with Crippen molar-refractivity contribution < 1.29 is 24.5 Å². The summed E-state index contributed by atoms with van der Waals surface area (Å²) in [6, 6.07) is 9.61. The highest BCUT2D eigenvalue weighted by Gasteiger charge is 2.34. The molecule has 1 fully saturated rings. The molecular weight excluding hydrogens is 320 g/mol. The van der Waals surface area contributed by atoms with E-state index in [9.17, 15) is 19.8 Å². The van der Waals surface area contributed by atoms with E-state index in [-0.39, 0.29) is 28.6 Å². The zero-order valence-corrected chi connectivity index (χ0v) is 13.4. The third-order valence-electron chi connectivity index (χ3n) is 4.63. The topological polar surface area (TPSA) is 83.8 Å². The van der Waals surface area contributed by atoms with Crippen molar-refractivity contribution in [1.29, 1.82) is 0 Å². The second-order valence-electron chi connectivity index (χ2n) is 6.21. The first-order chi connectivity index (χ1) is 12.1. The van der Waals surface area contributed by atoms with Gasteiger partial charge in [0.15, 0.2) is 0 Å². The minimum Gasteiger partial charge on any atom is -0.507 e. The largest absolute Gasteiger partial charge is 0.507 e. The summed E-state index contributed by atoms with van der Waals surface area (Å²) in [7, 11) is 0. The van der Waals surface area contributed by atoms with Crippen LogP contribution in [0, 0.1) is 0 Å². The van der Waals surface area contributed by atoms with Crippen molar-refractivity contribution in [2.45, 2.75) is 25.7 Å². The lowest BCUT2D eigenvalue weighted by molar-refractivity contribution is -0.138. The summed E-state index contributed by atoms with van der Waals surface area (Å²) in [5.41, 5.74) is 1.88. The molecule has 0 saturated carbocycles. The molecule has 1 aliphatic carbocycles. The summed E-state index contributed by atoms with van der Waals surface area (Å²) < 4.78 is 5.55. The number of phenols is 2. The third-order valence-corrected chi connectivity index (χ3v) is 4.63. The van der Waals surface area contributed by atoms with Crippen molar-refractivity contribution in [3.8, 4) is 11.5 Å². The lowest BCUT2D eigenvalue weighted by Gasteiger charge is -2.24. The van der Waals surface area contributed by atoms with Gasteiger partial charge in [0.05, 0.1) is 11.1 Å². The number of allylic oxidation sites excluding steroid dienone is 1. The van der Waals surface area contributed by atoms with Gasteiger partial charge in [0.25, 0.3) is 0 Å². The summed E-state index contributed by atoms with van der Waals surface area (Å²) in [5.74, 6) is -0.580. The number of phenolic OH excluding ortho intramolecular Hbond substituents is 2. The Bertz CT molecular complexity index is 882. The number of ether oxygens (including phenoxy) is 1. The molecule has 0 atom stereocenters. The van der Waals surface area contributed by atoms with E-state index in [1.807, 2.05) is 0 Å². The zero-order chi connectivity index (χ0) is 17.6. The smallest absolute Gasteiger partial charge is 0.310 e. The van der Waals surface area contributed by atoms with E-state index < -0.39 is 5.78 Å². The van der Waals surface area contributed by atoms with Crippen molar-refractivity contribution in [2.24, 2.45) is 0 Å². The average molecular weight is 336 g/mol. The molecular formula is C20H16O5. The molecule has 0 unspecified atom stereocenters. The molecule has 0 bridgehead atoms. The van der Waals surface area contributed by atoms with Crippen LogP contribution in [0.15, 0.2) is 42.2 Å². The van der Waals surface area contributed by atoms with Gasteiger partial charge in [0.1, 0.15) is 17.3 Å². The van der Waals surface area contributed by atoms with Gasteiger partial charge in [-0.2, -0.15) is 0 Å². The lowest BCUT2D eigenvalue weighted by atomic mass is 9.79. The van der Waals surface area contributed by atoms with Crippen LogP contribution in [-0.2, 0) is 9.53 Å². The van der Waals surface area contributed by atoms with Crippen LogP contribution in [0.1, 0.15) is 52.7 Å². The van der Waals surface area contributed by atoms with Crippen LogP contribution in [0.4, 0.5) is 0 Å². The van der Waals surface area contributed by atoms with Crippen LogP contribution in [0.3, 0.4) is 0 Å². The van der Waals surface area contributed by atoms with Crippen LogP contribution >= 0.6 is 0 Å². The number of hydrogen-bond acceptors (Lipinski definition) is 5. The van der Waals surface area contributed by atoms with Crippen LogP contribution in [0.5, 0.6) is 11.5 Å². The molecule has 2 aromatic carbocycles. The van der Waals surface area contributed by atoms with Gasteiger partial charge in [-0.05, 0) is 25.0 Å². The Balaban J connectivity index is 2.07. The zero-order valence-electron chi connectivity index (χ0n) is 13.4. The summed E-state index contributed by atoms with van der Waals surface area (Å²) >= 11 is 0. The van der Waals surface area contributed by atoms with Crippen molar-refractivity contribution in [3.63, 3.8) is 0 Å². The fraction of sp³-hybridized carbons (Fsp3) is 0.200. The molecule has 5 nitrogen and oxygen atoms in total. The number of carbonyl (C=O) groups is 2. The van der Waals surface area contributed by atoms with Crippen molar-refractivity contribution in [1.82, 2.24) is 0 Å². The van der Waals surface area contributed by atoms with Gasteiger partial charge in [-0.3, -0.25) is 9.59 Å². The summed E-state index contributed by atoms with van der Waals surface area (Å²) in [6.07, 6.45) is 2.45. The van der Waals surface area contributed by atoms with Gasteiger partial charge >= 0.3 is 5.97 Å². The summed E-state index contributed by atoms with van der Waals surface area (Å²) in [5, 5.41) is 20.5. The predicted molar refractivity (Wildman–Crippen MR) is 90.2 cm³/mol. The quantitative estimate of drug-likeness (QED) is 0.614. The van der Waals surface area contributed by atoms with E-state index in [0.717, 1.165) is 12.8 Å². The maximum Gasteiger partial charge on any atom is 0.310 e.